The molecule has 10 heteroatoms. The molecular formula is C28H32Cl3N5O2. The Morgan fingerprint density at radius 3 is 2.45 bits per heavy atom. The lowest BCUT2D eigenvalue weighted by Crippen LogP contribution is -2.43. The predicted molar refractivity (Wildman–Crippen MR) is 150 cm³/mol. The van der Waals surface area contributed by atoms with Crippen LogP contribution in [0, 0.1) is 0 Å². The number of aromatic nitrogens is 3. The molecule has 202 valence electrons. The zero-order chi connectivity index (χ0) is 26.5. The molecule has 7 nitrogen and oxygen atoms in total. The average molecular weight is 577 g/mol. The summed E-state index contributed by atoms with van der Waals surface area (Å²) in [5.74, 6) is 1.17. The molecule has 2 aliphatic heterocycles. The normalized spacial score (nSPS) is 17.6. The zero-order valence-corrected chi connectivity index (χ0v) is 23.5. The molecule has 0 spiro atoms. The Hall–Kier alpha value is -2.32. The van der Waals surface area contributed by atoms with Crippen molar-refractivity contribution in [3.05, 3.63) is 75.2 Å². The highest BCUT2D eigenvalue weighted by Crippen LogP contribution is 2.37. The standard InChI is InChI=1S/C28H32Cl3N5O2/c29-22-4-3-21(25(31)16-22)15-26(36-19-32-18-33-36)28(37)35-11-7-20(8-12-35)24-6-5-23(30)17-27(24)38-14-13-34-9-1-2-10-34/h3-6,16-20,26H,1-2,7-15H2/t26-/m1/s1. The van der Waals surface area contributed by atoms with Crippen molar-refractivity contribution in [1.82, 2.24) is 24.6 Å². The van der Waals surface area contributed by atoms with Gasteiger partial charge in [0.2, 0.25) is 5.91 Å². The summed E-state index contributed by atoms with van der Waals surface area (Å²) in [6.07, 6.45) is 7.67. The fraction of sp³-hybridized carbons (Fsp3) is 0.464. The van der Waals surface area contributed by atoms with Gasteiger partial charge in [-0.2, -0.15) is 5.10 Å². The lowest BCUT2D eigenvalue weighted by atomic mass is 9.88. The Kier molecular flexibility index (Phi) is 9.10. The van der Waals surface area contributed by atoms with E-state index in [1.54, 1.807) is 23.1 Å². The van der Waals surface area contributed by atoms with Gasteiger partial charge in [-0.05, 0) is 80.1 Å². The fourth-order valence-corrected chi connectivity index (χ4v) is 6.10. The number of halogens is 3. The van der Waals surface area contributed by atoms with E-state index in [0.29, 0.717) is 47.1 Å². The number of carbonyl (C=O) groups excluding carboxylic acids is 1. The summed E-state index contributed by atoms with van der Waals surface area (Å²) < 4.78 is 7.85. The molecule has 2 saturated heterocycles. The largest absolute Gasteiger partial charge is 0.492 e. The van der Waals surface area contributed by atoms with Gasteiger partial charge in [-0.1, -0.05) is 46.9 Å². The van der Waals surface area contributed by atoms with Gasteiger partial charge in [-0.3, -0.25) is 9.69 Å². The maximum atomic E-state index is 13.7. The topological polar surface area (TPSA) is 63.5 Å². The number of amides is 1. The van der Waals surface area contributed by atoms with Gasteiger partial charge in [0.25, 0.3) is 0 Å². The maximum Gasteiger partial charge on any atom is 0.247 e. The van der Waals surface area contributed by atoms with E-state index in [1.165, 1.54) is 24.7 Å². The molecule has 1 atom stereocenters. The summed E-state index contributed by atoms with van der Waals surface area (Å²) in [6.45, 7) is 5.19. The van der Waals surface area contributed by atoms with Crippen LogP contribution in [0.5, 0.6) is 5.75 Å². The van der Waals surface area contributed by atoms with Crippen LogP contribution in [-0.2, 0) is 11.2 Å². The van der Waals surface area contributed by atoms with Crippen molar-refractivity contribution in [3.8, 4) is 5.75 Å². The third-order valence-electron chi connectivity index (χ3n) is 7.56. The molecule has 5 rings (SSSR count). The molecular weight excluding hydrogens is 545 g/mol. The van der Waals surface area contributed by atoms with Gasteiger partial charge in [-0.15, -0.1) is 0 Å². The molecule has 1 aromatic heterocycles. The van der Waals surface area contributed by atoms with Crippen LogP contribution >= 0.6 is 34.8 Å². The monoisotopic (exact) mass is 575 g/mol. The third-order valence-corrected chi connectivity index (χ3v) is 8.38. The molecule has 0 N–H and O–H groups in total. The first-order valence-electron chi connectivity index (χ1n) is 13.2. The fourth-order valence-electron chi connectivity index (χ4n) is 5.45. The van der Waals surface area contributed by atoms with E-state index < -0.39 is 6.04 Å². The molecule has 3 aromatic rings. The number of hydrogen-bond donors (Lipinski definition) is 0. The Bertz CT molecular complexity index is 1230. The minimum absolute atomic E-state index is 0.0122. The van der Waals surface area contributed by atoms with Crippen LogP contribution < -0.4 is 4.74 Å². The van der Waals surface area contributed by atoms with Gasteiger partial charge in [0.15, 0.2) is 0 Å². The second kappa shape index (κ2) is 12.7. The van der Waals surface area contributed by atoms with Crippen molar-refractivity contribution >= 4 is 40.7 Å². The van der Waals surface area contributed by atoms with Crippen LogP contribution in [0.2, 0.25) is 15.1 Å². The summed E-state index contributed by atoms with van der Waals surface area (Å²) in [4.78, 5) is 22.2. The Labute approximate surface area is 238 Å². The van der Waals surface area contributed by atoms with Crippen molar-refractivity contribution < 1.29 is 9.53 Å². The first-order chi connectivity index (χ1) is 18.5. The minimum atomic E-state index is -0.535. The predicted octanol–water partition coefficient (Wildman–Crippen LogP) is 5.90. The molecule has 2 fully saturated rings. The highest BCUT2D eigenvalue weighted by molar-refractivity contribution is 6.35. The number of nitrogens with zero attached hydrogens (tertiary/aromatic N) is 5. The number of carbonyl (C=O) groups is 1. The third kappa shape index (κ3) is 6.63. The zero-order valence-electron chi connectivity index (χ0n) is 21.2. The van der Waals surface area contributed by atoms with Crippen molar-refractivity contribution in [3.63, 3.8) is 0 Å². The Morgan fingerprint density at radius 1 is 1.00 bits per heavy atom. The highest BCUT2D eigenvalue weighted by Gasteiger charge is 2.32. The van der Waals surface area contributed by atoms with Gasteiger partial charge >= 0.3 is 0 Å². The first-order valence-corrected chi connectivity index (χ1v) is 14.3. The second-order valence-electron chi connectivity index (χ2n) is 10.0. The van der Waals surface area contributed by atoms with E-state index in [1.807, 2.05) is 23.1 Å². The quantitative estimate of drug-likeness (QED) is 0.317. The number of rotatable bonds is 9. The van der Waals surface area contributed by atoms with Crippen molar-refractivity contribution in [1.29, 1.82) is 0 Å². The van der Waals surface area contributed by atoms with Crippen LogP contribution in [0.1, 0.15) is 48.8 Å². The molecule has 2 aliphatic rings. The summed E-state index contributed by atoms with van der Waals surface area (Å²) in [6, 6.07) is 10.7. The van der Waals surface area contributed by atoms with Gasteiger partial charge < -0.3 is 9.64 Å². The van der Waals surface area contributed by atoms with E-state index in [2.05, 4.69) is 21.0 Å². The van der Waals surface area contributed by atoms with Crippen molar-refractivity contribution in [2.24, 2.45) is 0 Å². The molecule has 0 bridgehead atoms. The van der Waals surface area contributed by atoms with Crippen molar-refractivity contribution in [2.45, 2.75) is 44.1 Å². The van der Waals surface area contributed by atoms with Gasteiger partial charge in [0.1, 0.15) is 31.1 Å². The van der Waals surface area contributed by atoms with Crippen molar-refractivity contribution in [2.75, 3.05) is 39.3 Å². The molecule has 0 aliphatic carbocycles. The van der Waals surface area contributed by atoms with Crippen LogP contribution in [0.25, 0.3) is 0 Å². The number of hydrogen-bond acceptors (Lipinski definition) is 5. The Balaban J connectivity index is 1.24. The number of ether oxygens (including phenoxy) is 1. The number of benzene rings is 2. The average Bonchev–Trinajstić information content (AvgIpc) is 3.63. The van der Waals surface area contributed by atoms with E-state index in [0.717, 1.165) is 43.8 Å². The maximum absolute atomic E-state index is 13.7. The highest BCUT2D eigenvalue weighted by atomic mass is 35.5. The van der Waals surface area contributed by atoms with Gasteiger partial charge in [-0.25, -0.2) is 9.67 Å². The summed E-state index contributed by atoms with van der Waals surface area (Å²) in [5.41, 5.74) is 2.01. The van der Waals surface area contributed by atoms with Crippen LogP contribution in [0.15, 0.2) is 49.1 Å². The lowest BCUT2D eigenvalue weighted by Gasteiger charge is -2.35. The minimum Gasteiger partial charge on any atom is -0.492 e. The lowest BCUT2D eigenvalue weighted by molar-refractivity contribution is -0.136. The first kappa shape index (κ1) is 27.3. The van der Waals surface area contributed by atoms with E-state index >= 15 is 0 Å². The van der Waals surface area contributed by atoms with E-state index in [-0.39, 0.29) is 5.91 Å². The SMILES string of the molecule is O=C([C@@H](Cc1ccc(Cl)cc1Cl)n1cncn1)N1CCC(c2ccc(Cl)cc2OCCN2CCCC2)CC1. The van der Waals surface area contributed by atoms with Gasteiger partial charge in [0.05, 0.1) is 0 Å². The molecule has 1 amide bonds. The summed E-state index contributed by atoms with van der Waals surface area (Å²) in [7, 11) is 0. The Morgan fingerprint density at radius 2 is 1.74 bits per heavy atom. The smallest absolute Gasteiger partial charge is 0.247 e. The summed E-state index contributed by atoms with van der Waals surface area (Å²) in [5, 5.41) is 6.04. The molecule has 0 unspecified atom stereocenters. The molecule has 3 heterocycles. The van der Waals surface area contributed by atoms with Crippen LogP contribution in [0.3, 0.4) is 0 Å². The second-order valence-corrected chi connectivity index (χ2v) is 11.3. The number of likely N-dealkylation sites (tertiary alicyclic amines) is 2. The van der Waals surface area contributed by atoms with Gasteiger partial charge in [0, 0.05) is 41.1 Å². The van der Waals surface area contributed by atoms with Crippen LogP contribution in [-0.4, -0.2) is 69.8 Å². The number of piperidine rings is 1. The van der Waals surface area contributed by atoms with E-state index in [9.17, 15) is 4.79 Å². The summed E-state index contributed by atoms with van der Waals surface area (Å²) >= 11 is 18.8. The molecule has 2 aromatic carbocycles. The molecule has 0 saturated carbocycles. The van der Waals surface area contributed by atoms with E-state index in [4.69, 9.17) is 39.5 Å². The molecule has 0 radical (unpaired) electrons. The van der Waals surface area contributed by atoms with Crippen LogP contribution in [0.4, 0.5) is 0 Å². The molecule has 38 heavy (non-hydrogen) atoms.